The molecule has 2 rings (SSSR count). The molecule has 2 aromatic rings. The van der Waals surface area contributed by atoms with E-state index < -0.39 is 6.04 Å². The van der Waals surface area contributed by atoms with Crippen LogP contribution < -0.4 is 15.4 Å². The number of carbonyl (C=O) groups excluding carboxylic acids is 2. The third-order valence-electron chi connectivity index (χ3n) is 4.13. The van der Waals surface area contributed by atoms with Crippen LogP contribution in [-0.4, -0.2) is 24.8 Å². The summed E-state index contributed by atoms with van der Waals surface area (Å²) in [6, 6.07) is 12.3. The van der Waals surface area contributed by atoms with Crippen molar-refractivity contribution in [3.05, 3.63) is 58.1 Å². The number of ether oxygens (including phenoxy) is 1. The Morgan fingerprint density at radius 2 is 1.73 bits per heavy atom. The minimum atomic E-state index is -0.390. The molecule has 2 aromatic carbocycles. The lowest BCUT2D eigenvalue weighted by Crippen LogP contribution is -2.39. The van der Waals surface area contributed by atoms with Crippen LogP contribution in [0.25, 0.3) is 0 Å². The lowest BCUT2D eigenvalue weighted by atomic mass is 10.1. The minimum Gasteiger partial charge on any atom is -0.496 e. The molecule has 26 heavy (non-hydrogen) atoms. The summed E-state index contributed by atoms with van der Waals surface area (Å²) < 4.78 is 6.11. The number of Topliss-reactive ketones (excluding diaryl/α,β-unsaturated/α-hetero) is 1. The van der Waals surface area contributed by atoms with E-state index in [1.54, 1.807) is 31.4 Å². The summed E-state index contributed by atoms with van der Waals surface area (Å²) in [6.07, 6.45) is 0. The number of nitrogens with one attached hydrogen (secondary N) is 2. The van der Waals surface area contributed by atoms with Crippen molar-refractivity contribution in [1.29, 1.82) is 0 Å². The van der Waals surface area contributed by atoms with Gasteiger partial charge in [0.15, 0.2) is 5.78 Å². The van der Waals surface area contributed by atoms with Gasteiger partial charge in [-0.1, -0.05) is 6.07 Å². The Hall–Kier alpha value is -2.18. The van der Waals surface area contributed by atoms with Crippen LogP contribution in [0, 0.1) is 0 Å². The van der Waals surface area contributed by atoms with E-state index in [-0.39, 0.29) is 17.7 Å². The molecule has 0 aliphatic carbocycles. The van der Waals surface area contributed by atoms with E-state index in [0.29, 0.717) is 11.3 Å². The highest BCUT2D eigenvalue weighted by Crippen LogP contribution is 2.28. The molecule has 2 N–H and O–H groups in total. The van der Waals surface area contributed by atoms with Crippen LogP contribution in [0.1, 0.15) is 42.7 Å². The molecule has 138 valence electrons. The zero-order valence-electron chi connectivity index (χ0n) is 15.3. The number of amides is 1. The van der Waals surface area contributed by atoms with Gasteiger partial charge in [-0.2, -0.15) is 0 Å². The van der Waals surface area contributed by atoms with Crippen LogP contribution >= 0.6 is 15.9 Å². The molecule has 5 nitrogen and oxygen atoms in total. The van der Waals surface area contributed by atoms with Gasteiger partial charge in [-0.15, -0.1) is 0 Å². The van der Waals surface area contributed by atoms with E-state index in [4.69, 9.17) is 4.74 Å². The van der Waals surface area contributed by atoms with E-state index in [1.807, 2.05) is 32.0 Å². The molecule has 0 fully saturated rings. The number of hydrogen-bond donors (Lipinski definition) is 2. The van der Waals surface area contributed by atoms with Gasteiger partial charge >= 0.3 is 0 Å². The predicted octanol–water partition coefficient (Wildman–Crippen LogP) is 4.34. The van der Waals surface area contributed by atoms with E-state index in [0.717, 1.165) is 15.8 Å². The Morgan fingerprint density at radius 1 is 1.08 bits per heavy atom. The van der Waals surface area contributed by atoms with Crippen molar-refractivity contribution in [2.75, 3.05) is 12.4 Å². The van der Waals surface area contributed by atoms with E-state index in [2.05, 4.69) is 26.6 Å². The van der Waals surface area contributed by atoms with Gasteiger partial charge < -0.3 is 10.1 Å². The second-order valence-corrected chi connectivity index (χ2v) is 6.98. The number of benzene rings is 2. The molecule has 0 bridgehead atoms. The fourth-order valence-corrected chi connectivity index (χ4v) is 3.10. The van der Waals surface area contributed by atoms with Crippen molar-refractivity contribution in [2.24, 2.45) is 0 Å². The minimum absolute atomic E-state index is 0.00242. The highest BCUT2D eigenvalue weighted by molar-refractivity contribution is 9.10. The summed E-state index contributed by atoms with van der Waals surface area (Å²) in [6.45, 7) is 5.33. The SMILES string of the molecule is COc1ccc([C@H](C)N[C@@H](C)C(=O)Nc2ccc(C(C)=O)cc2)cc1Br. The molecule has 0 aliphatic rings. The Kier molecular flexibility index (Phi) is 6.94. The third-order valence-corrected chi connectivity index (χ3v) is 4.75. The standard InChI is InChI=1S/C20H23BrN2O3/c1-12(16-7-10-19(26-4)18(21)11-16)22-13(2)20(25)23-17-8-5-15(6-9-17)14(3)24/h5-13,22H,1-4H3,(H,23,25)/t12-,13-/m0/s1. The molecule has 1 amide bonds. The summed E-state index contributed by atoms with van der Waals surface area (Å²) in [5.74, 6) is 0.623. The van der Waals surface area contributed by atoms with Gasteiger partial charge in [0.1, 0.15) is 5.75 Å². The molecule has 0 spiro atoms. The molecule has 0 aromatic heterocycles. The average molecular weight is 419 g/mol. The number of halogens is 1. The first-order valence-corrected chi connectivity index (χ1v) is 9.12. The zero-order chi connectivity index (χ0) is 19.3. The second kappa shape index (κ2) is 8.96. The molecule has 0 radical (unpaired) electrons. The average Bonchev–Trinajstić information content (AvgIpc) is 2.61. The number of rotatable bonds is 7. The van der Waals surface area contributed by atoms with Crippen LogP contribution in [0.3, 0.4) is 0 Å². The summed E-state index contributed by atoms with van der Waals surface area (Å²) in [4.78, 5) is 23.7. The van der Waals surface area contributed by atoms with Gasteiger partial charge in [0.05, 0.1) is 17.6 Å². The second-order valence-electron chi connectivity index (χ2n) is 6.13. The van der Waals surface area contributed by atoms with Gasteiger partial charge in [0.2, 0.25) is 5.91 Å². The highest BCUT2D eigenvalue weighted by Gasteiger charge is 2.17. The first-order chi connectivity index (χ1) is 12.3. The van der Waals surface area contributed by atoms with Crippen LogP contribution in [0.2, 0.25) is 0 Å². The Balaban J connectivity index is 1.97. The van der Waals surface area contributed by atoms with Crippen molar-refractivity contribution >= 4 is 33.3 Å². The normalized spacial score (nSPS) is 13.0. The van der Waals surface area contributed by atoms with E-state index in [1.165, 1.54) is 6.92 Å². The maximum absolute atomic E-state index is 12.4. The smallest absolute Gasteiger partial charge is 0.241 e. The fraction of sp³-hybridized carbons (Fsp3) is 0.300. The van der Waals surface area contributed by atoms with Crippen LogP contribution in [0.4, 0.5) is 5.69 Å². The predicted molar refractivity (Wildman–Crippen MR) is 107 cm³/mol. The summed E-state index contributed by atoms with van der Waals surface area (Å²) in [5, 5.41) is 6.13. The third kappa shape index (κ3) is 5.16. The van der Waals surface area contributed by atoms with Crippen molar-refractivity contribution < 1.29 is 14.3 Å². The van der Waals surface area contributed by atoms with Crippen LogP contribution in [0.5, 0.6) is 5.75 Å². The quantitative estimate of drug-likeness (QED) is 0.656. The first-order valence-electron chi connectivity index (χ1n) is 8.33. The molecular formula is C20H23BrN2O3. The molecule has 0 saturated heterocycles. The molecule has 0 heterocycles. The highest BCUT2D eigenvalue weighted by atomic mass is 79.9. The molecule has 2 atom stereocenters. The zero-order valence-corrected chi connectivity index (χ0v) is 16.9. The number of methoxy groups -OCH3 is 1. The topological polar surface area (TPSA) is 67.4 Å². The molecule has 6 heteroatoms. The van der Waals surface area contributed by atoms with Crippen molar-refractivity contribution in [1.82, 2.24) is 5.32 Å². The van der Waals surface area contributed by atoms with Crippen LogP contribution in [0.15, 0.2) is 46.9 Å². The van der Waals surface area contributed by atoms with Crippen molar-refractivity contribution in [2.45, 2.75) is 32.9 Å². The maximum Gasteiger partial charge on any atom is 0.241 e. The van der Waals surface area contributed by atoms with E-state index in [9.17, 15) is 9.59 Å². The lowest BCUT2D eigenvalue weighted by molar-refractivity contribution is -0.117. The van der Waals surface area contributed by atoms with Gasteiger partial charge in [0, 0.05) is 17.3 Å². The summed E-state index contributed by atoms with van der Waals surface area (Å²) >= 11 is 3.47. The van der Waals surface area contributed by atoms with Crippen molar-refractivity contribution in [3.8, 4) is 5.75 Å². The largest absolute Gasteiger partial charge is 0.496 e. The fourth-order valence-electron chi connectivity index (χ4n) is 2.54. The number of anilines is 1. The monoisotopic (exact) mass is 418 g/mol. The molecule has 0 unspecified atom stereocenters. The van der Waals surface area contributed by atoms with Gasteiger partial charge in [-0.3, -0.25) is 14.9 Å². The Labute approximate surface area is 162 Å². The summed E-state index contributed by atoms with van der Waals surface area (Å²) in [5.41, 5.74) is 2.32. The van der Waals surface area contributed by atoms with Gasteiger partial charge in [0.25, 0.3) is 0 Å². The Morgan fingerprint density at radius 3 is 2.27 bits per heavy atom. The first kappa shape index (κ1) is 20.1. The van der Waals surface area contributed by atoms with Gasteiger partial charge in [-0.25, -0.2) is 0 Å². The van der Waals surface area contributed by atoms with E-state index >= 15 is 0 Å². The molecule has 0 aliphatic heterocycles. The maximum atomic E-state index is 12.4. The summed E-state index contributed by atoms with van der Waals surface area (Å²) in [7, 11) is 1.62. The number of carbonyl (C=O) groups is 2. The van der Waals surface area contributed by atoms with Gasteiger partial charge in [-0.05, 0) is 78.7 Å². The molecule has 0 saturated carbocycles. The molecular weight excluding hydrogens is 396 g/mol. The number of hydrogen-bond acceptors (Lipinski definition) is 4. The Bertz CT molecular complexity index is 790. The number of ketones is 1. The lowest BCUT2D eigenvalue weighted by Gasteiger charge is -2.20. The van der Waals surface area contributed by atoms with Crippen LogP contribution in [-0.2, 0) is 4.79 Å². The van der Waals surface area contributed by atoms with Crippen molar-refractivity contribution in [3.63, 3.8) is 0 Å².